The Hall–Kier alpha value is -1.55. The summed E-state index contributed by atoms with van der Waals surface area (Å²) in [6.45, 7) is 0. The van der Waals surface area contributed by atoms with Crippen molar-refractivity contribution in [2.24, 2.45) is 0 Å². The van der Waals surface area contributed by atoms with E-state index in [-0.39, 0.29) is 16.9 Å². The number of halogens is 1. The van der Waals surface area contributed by atoms with E-state index in [1.54, 1.807) is 0 Å². The fourth-order valence-electron chi connectivity index (χ4n) is 0.881. The molecular formula is C8H5ClO4. The Morgan fingerprint density at radius 3 is 2.31 bits per heavy atom. The van der Waals surface area contributed by atoms with E-state index in [9.17, 15) is 9.59 Å². The number of hydrogen-bond donors (Lipinski definition) is 2. The van der Waals surface area contributed by atoms with E-state index in [1.165, 1.54) is 6.07 Å². The predicted octanol–water partition coefficient (Wildman–Crippen LogP) is 1.47. The van der Waals surface area contributed by atoms with Gasteiger partial charge in [0.2, 0.25) is 0 Å². The van der Waals surface area contributed by atoms with E-state index < -0.39 is 11.2 Å². The Morgan fingerprint density at radius 1 is 1.23 bits per heavy atom. The maximum atomic E-state index is 10.7. The summed E-state index contributed by atoms with van der Waals surface area (Å²) < 4.78 is 0. The summed E-state index contributed by atoms with van der Waals surface area (Å²) in [6, 6.07) is 3.33. The number of phenolic OH excluding ortho intramolecular Hbond substituents is 1. The number of carbonyl (C=O) groups is 2. The zero-order valence-corrected chi connectivity index (χ0v) is 7.08. The highest BCUT2D eigenvalue weighted by Crippen LogP contribution is 2.18. The Labute approximate surface area is 78.4 Å². The van der Waals surface area contributed by atoms with Crippen molar-refractivity contribution in [2.45, 2.75) is 0 Å². The number of carbonyl (C=O) groups excluding carboxylic acids is 1. The minimum absolute atomic E-state index is 0.132. The van der Waals surface area contributed by atoms with Gasteiger partial charge in [-0.15, -0.1) is 0 Å². The van der Waals surface area contributed by atoms with Crippen molar-refractivity contribution in [1.29, 1.82) is 0 Å². The average Bonchev–Trinajstić information content (AvgIpc) is 2.03. The third-order valence-electron chi connectivity index (χ3n) is 1.45. The molecule has 0 unspecified atom stereocenters. The second kappa shape index (κ2) is 3.45. The standard InChI is InChI=1S/C8H5ClO4/c9-7(11)5-2-1-4(10)3-6(5)8(12)13/h1-3,10H,(H,12,13). The second-order valence-electron chi connectivity index (χ2n) is 2.31. The molecule has 0 radical (unpaired) electrons. The molecule has 5 heteroatoms. The lowest BCUT2D eigenvalue weighted by atomic mass is 10.1. The Morgan fingerprint density at radius 2 is 1.85 bits per heavy atom. The van der Waals surface area contributed by atoms with Crippen LogP contribution >= 0.6 is 11.6 Å². The van der Waals surface area contributed by atoms with Crippen LogP contribution in [-0.2, 0) is 0 Å². The Balaban J connectivity index is 3.35. The van der Waals surface area contributed by atoms with Crippen LogP contribution in [0.5, 0.6) is 5.75 Å². The third kappa shape index (κ3) is 1.97. The molecule has 1 rings (SSSR count). The average molecular weight is 201 g/mol. The molecule has 0 saturated carbocycles. The lowest BCUT2D eigenvalue weighted by Crippen LogP contribution is -2.04. The predicted molar refractivity (Wildman–Crippen MR) is 45.2 cm³/mol. The van der Waals surface area contributed by atoms with E-state index in [0.717, 1.165) is 12.1 Å². The van der Waals surface area contributed by atoms with Crippen LogP contribution in [0.25, 0.3) is 0 Å². The van der Waals surface area contributed by atoms with Gasteiger partial charge in [0.05, 0.1) is 5.56 Å². The lowest BCUT2D eigenvalue weighted by molar-refractivity contribution is 0.0693. The van der Waals surface area contributed by atoms with Crippen molar-refractivity contribution >= 4 is 22.8 Å². The number of rotatable bonds is 2. The van der Waals surface area contributed by atoms with Gasteiger partial charge in [0.25, 0.3) is 5.24 Å². The number of hydrogen-bond acceptors (Lipinski definition) is 3. The minimum atomic E-state index is -1.31. The molecule has 0 spiro atoms. The summed E-state index contributed by atoms with van der Waals surface area (Å²) in [5, 5.41) is 16.7. The molecule has 0 saturated heterocycles. The van der Waals surface area contributed by atoms with Crippen molar-refractivity contribution in [1.82, 2.24) is 0 Å². The quantitative estimate of drug-likeness (QED) is 0.709. The van der Waals surface area contributed by atoms with Crippen molar-refractivity contribution in [3.8, 4) is 5.75 Å². The topological polar surface area (TPSA) is 74.6 Å². The largest absolute Gasteiger partial charge is 0.508 e. The fraction of sp³-hybridized carbons (Fsp3) is 0. The molecule has 0 aromatic heterocycles. The molecular weight excluding hydrogens is 196 g/mol. The maximum absolute atomic E-state index is 10.7. The molecule has 0 aliphatic rings. The van der Waals surface area contributed by atoms with Crippen LogP contribution in [0.15, 0.2) is 18.2 Å². The van der Waals surface area contributed by atoms with Gasteiger partial charge >= 0.3 is 5.97 Å². The first-order valence-corrected chi connectivity index (χ1v) is 3.66. The molecule has 0 aliphatic heterocycles. The lowest BCUT2D eigenvalue weighted by Gasteiger charge is -2.00. The summed E-state index contributed by atoms with van der Waals surface area (Å²) >= 11 is 5.12. The molecule has 1 aromatic rings. The molecule has 0 bridgehead atoms. The van der Waals surface area contributed by atoms with Crippen LogP contribution in [0.3, 0.4) is 0 Å². The monoisotopic (exact) mass is 200 g/mol. The van der Waals surface area contributed by atoms with Crippen molar-refractivity contribution in [2.75, 3.05) is 0 Å². The van der Waals surface area contributed by atoms with Crippen LogP contribution < -0.4 is 0 Å². The molecule has 1 aromatic carbocycles. The van der Waals surface area contributed by atoms with E-state index in [2.05, 4.69) is 0 Å². The highest BCUT2D eigenvalue weighted by Gasteiger charge is 2.15. The van der Waals surface area contributed by atoms with Crippen LogP contribution in [0, 0.1) is 0 Å². The minimum Gasteiger partial charge on any atom is -0.508 e. The van der Waals surface area contributed by atoms with Crippen LogP contribution in [0.4, 0.5) is 0 Å². The van der Waals surface area contributed by atoms with Gasteiger partial charge in [-0.1, -0.05) is 0 Å². The van der Waals surface area contributed by atoms with Crippen LogP contribution in [-0.4, -0.2) is 21.4 Å². The molecule has 0 amide bonds. The smallest absolute Gasteiger partial charge is 0.336 e. The van der Waals surface area contributed by atoms with Crippen molar-refractivity contribution < 1.29 is 19.8 Å². The zero-order valence-electron chi connectivity index (χ0n) is 6.32. The first-order valence-electron chi connectivity index (χ1n) is 3.28. The van der Waals surface area contributed by atoms with Gasteiger partial charge in [0.15, 0.2) is 0 Å². The zero-order chi connectivity index (χ0) is 10.0. The molecule has 68 valence electrons. The first kappa shape index (κ1) is 9.54. The molecule has 2 N–H and O–H groups in total. The normalized spacial score (nSPS) is 9.62. The molecule has 0 aliphatic carbocycles. The highest BCUT2D eigenvalue weighted by atomic mass is 35.5. The summed E-state index contributed by atoms with van der Waals surface area (Å²) in [4.78, 5) is 21.3. The van der Waals surface area contributed by atoms with E-state index in [0.29, 0.717) is 0 Å². The maximum Gasteiger partial charge on any atom is 0.336 e. The van der Waals surface area contributed by atoms with E-state index in [1.807, 2.05) is 0 Å². The number of aromatic carboxylic acids is 1. The first-order chi connectivity index (χ1) is 6.02. The molecule has 0 heterocycles. The number of aromatic hydroxyl groups is 1. The number of benzene rings is 1. The number of carboxylic acid groups (broad SMARTS) is 1. The Kier molecular flexibility index (Phi) is 2.53. The molecule has 4 nitrogen and oxygen atoms in total. The molecule has 13 heavy (non-hydrogen) atoms. The fourth-order valence-corrected chi connectivity index (χ4v) is 1.05. The number of phenols is 1. The van der Waals surface area contributed by atoms with Gasteiger partial charge in [-0.2, -0.15) is 0 Å². The SMILES string of the molecule is O=C(O)c1cc(O)ccc1C(=O)Cl. The van der Waals surface area contributed by atoms with Gasteiger partial charge in [-0.3, -0.25) is 4.79 Å². The van der Waals surface area contributed by atoms with Gasteiger partial charge in [-0.25, -0.2) is 4.79 Å². The van der Waals surface area contributed by atoms with Crippen molar-refractivity contribution in [3.05, 3.63) is 29.3 Å². The molecule has 0 fully saturated rings. The molecule has 0 atom stereocenters. The summed E-state index contributed by atoms with van der Waals surface area (Å²) in [7, 11) is 0. The van der Waals surface area contributed by atoms with E-state index >= 15 is 0 Å². The van der Waals surface area contributed by atoms with Crippen LogP contribution in [0.2, 0.25) is 0 Å². The Bertz CT molecular complexity index is 372. The highest BCUT2D eigenvalue weighted by molar-refractivity contribution is 6.68. The second-order valence-corrected chi connectivity index (χ2v) is 2.65. The third-order valence-corrected chi connectivity index (χ3v) is 1.65. The van der Waals surface area contributed by atoms with Gasteiger partial charge in [-0.05, 0) is 29.8 Å². The summed E-state index contributed by atoms with van der Waals surface area (Å²) in [5.74, 6) is -1.53. The van der Waals surface area contributed by atoms with Gasteiger partial charge < -0.3 is 10.2 Å². The summed E-state index contributed by atoms with van der Waals surface area (Å²) in [5.41, 5.74) is -0.438. The summed E-state index contributed by atoms with van der Waals surface area (Å²) in [6.07, 6.45) is 0. The van der Waals surface area contributed by atoms with Gasteiger partial charge in [0.1, 0.15) is 5.75 Å². The van der Waals surface area contributed by atoms with Crippen LogP contribution in [0.1, 0.15) is 20.7 Å². The van der Waals surface area contributed by atoms with E-state index in [4.69, 9.17) is 21.8 Å². The van der Waals surface area contributed by atoms with Crippen molar-refractivity contribution in [3.63, 3.8) is 0 Å². The van der Waals surface area contributed by atoms with Gasteiger partial charge in [0, 0.05) is 5.56 Å². The number of carboxylic acids is 1.